The van der Waals surface area contributed by atoms with E-state index in [1.807, 2.05) is 0 Å². The van der Waals surface area contributed by atoms with Gasteiger partial charge in [0.05, 0.1) is 37.5 Å². The zero-order valence-electron chi connectivity index (χ0n) is 39.2. The summed E-state index contributed by atoms with van der Waals surface area (Å²) in [6.07, 6.45) is 0.244. The Morgan fingerprint density at radius 1 is 0.468 bits per heavy atom. The molecule has 0 radical (unpaired) electrons. The standard InChI is InChI=1S/C44H33N5O24S6/c1-20-3-5-27(43(52)47-31-7-9-33(76(62,63)64)29-14-25(74(56,57)58)16-35(39(29)31)78(68,69)70)37(41(20)45-18-50)22-11-23(13-24(12-22)49(54)55)38-28(6-4-21(2)42(38)46-19-51)44(53)48-32-8-10-34(77(65,66)67)30-15-26(75(59,60)61)17-36(40(30)32)79(71,72)73/h3-19H,1-2H3,(H,45,50)(H,46,51)(H,47,52)(H,48,53)(H,56,57,58)(H,59,60,61)(H,62,63,64)(H,65,66,67)(H,68,69,70)(H,71,72,73). The Morgan fingerprint density at radius 3 is 1.10 bits per heavy atom. The highest BCUT2D eigenvalue weighted by Crippen LogP contribution is 2.44. The minimum Gasteiger partial charge on any atom is -0.328 e. The molecule has 0 saturated carbocycles. The lowest BCUT2D eigenvalue weighted by atomic mass is 9.89. The Morgan fingerprint density at radius 2 is 0.810 bits per heavy atom. The number of nitrogens with one attached hydrogen (secondary N) is 4. The molecule has 0 heterocycles. The summed E-state index contributed by atoms with van der Waals surface area (Å²) in [5, 5.41) is 18.2. The van der Waals surface area contributed by atoms with Gasteiger partial charge in [0.1, 0.15) is 19.6 Å². The average molecular weight is 1210 g/mol. The van der Waals surface area contributed by atoms with Crippen LogP contribution in [0.3, 0.4) is 0 Å². The largest absolute Gasteiger partial charge is 0.328 e. The molecule has 0 aromatic heterocycles. The van der Waals surface area contributed by atoms with Gasteiger partial charge in [0.25, 0.3) is 78.2 Å². The fourth-order valence-corrected chi connectivity index (χ4v) is 12.5. The maximum atomic E-state index is 14.7. The van der Waals surface area contributed by atoms with E-state index in [0.717, 1.165) is 30.3 Å². The van der Waals surface area contributed by atoms with E-state index in [2.05, 4.69) is 21.3 Å². The van der Waals surface area contributed by atoms with Gasteiger partial charge in [-0.25, -0.2) is 0 Å². The van der Waals surface area contributed by atoms with Gasteiger partial charge in [-0.05, 0) is 103 Å². The van der Waals surface area contributed by atoms with Crippen molar-refractivity contribution in [3.63, 3.8) is 0 Å². The van der Waals surface area contributed by atoms with E-state index in [9.17, 15) is 107 Å². The number of nitro groups is 1. The number of hydrogen-bond donors (Lipinski definition) is 10. The predicted octanol–water partition coefficient (Wildman–Crippen LogP) is 4.97. The number of carbonyl (C=O) groups is 4. The Kier molecular flexibility index (Phi) is 15.2. The minimum atomic E-state index is -5.65. The molecule has 7 rings (SSSR count). The van der Waals surface area contributed by atoms with E-state index in [0.29, 0.717) is 36.4 Å². The number of non-ortho nitro benzene ring substituents is 1. The maximum Gasteiger partial charge on any atom is 0.295 e. The van der Waals surface area contributed by atoms with E-state index in [1.54, 1.807) is 0 Å². The van der Waals surface area contributed by atoms with Crippen LogP contribution in [0.25, 0.3) is 43.8 Å². The van der Waals surface area contributed by atoms with Crippen LogP contribution in [0, 0.1) is 24.0 Å². The van der Waals surface area contributed by atoms with Crippen molar-refractivity contribution >= 4 is 135 Å². The molecule has 10 N–H and O–H groups in total. The third kappa shape index (κ3) is 11.7. The van der Waals surface area contributed by atoms with Crippen molar-refractivity contribution in [1.29, 1.82) is 0 Å². The van der Waals surface area contributed by atoms with Gasteiger partial charge in [0, 0.05) is 55.9 Å². The van der Waals surface area contributed by atoms with Crippen LogP contribution in [0.4, 0.5) is 28.4 Å². The van der Waals surface area contributed by atoms with Gasteiger partial charge in [0.15, 0.2) is 0 Å². The van der Waals surface area contributed by atoms with Gasteiger partial charge < -0.3 is 21.3 Å². The third-order valence-electron chi connectivity index (χ3n) is 11.7. The molecule has 7 aromatic carbocycles. The molecule has 35 heteroatoms. The van der Waals surface area contributed by atoms with E-state index in [1.165, 1.54) is 26.0 Å². The predicted molar refractivity (Wildman–Crippen MR) is 276 cm³/mol. The molecular weight excluding hydrogens is 1170 g/mol. The molecule has 0 spiro atoms. The first-order chi connectivity index (χ1) is 36.4. The smallest absolute Gasteiger partial charge is 0.295 e. The highest BCUT2D eigenvalue weighted by Gasteiger charge is 2.32. The van der Waals surface area contributed by atoms with Gasteiger partial charge in [0.2, 0.25) is 12.8 Å². The Hall–Kier alpha value is -8.20. The summed E-state index contributed by atoms with van der Waals surface area (Å²) in [6, 6.07) is 11.1. The molecule has 0 fully saturated rings. The van der Waals surface area contributed by atoms with Crippen molar-refractivity contribution in [3.8, 4) is 22.3 Å². The van der Waals surface area contributed by atoms with Crippen LogP contribution in [-0.4, -0.2) is 107 Å². The first-order valence-corrected chi connectivity index (χ1v) is 29.7. The topological polar surface area (TPSA) is 486 Å². The lowest BCUT2D eigenvalue weighted by Gasteiger charge is -2.21. The van der Waals surface area contributed by atoms with Crippen LogP contribution in [0.15, 0.2) is 120 Å². The van der Waals surface area contributed by atoms with Crippen LogP contribution in [0.1, 0.15) is 31.8 Å². The summed E-state index contributed by atoms with van der Waals surface area (Å²) in [4.78, 5) is 57.7. The highest BCUT2D eigenvalue weighted by molar-refractivity contribution is 7.88. The Labute approximate surface area is 444 Å². The molecule has 0 aliphatic heterocycles. The van der Waals surface area contributed by atoms with Crippen molar-refractivity contribution in [2.45, 2.75) is 43.2 Å². The number of fused-ring (bicyclic) bond motifs is 2. The molecular formula is C44H33N5O24S6. The summed E-state index contributed by atoms with van der Waals surface area (Å²) in [7, 11) is -32.9. The molecule has 0 aliphatic rings. The van der Waals surface area contributed by atoms with E-state index in [4.69, 9.17) is 0 Å². The van der Waals surface area contributed by atoms with Crippen LogP contribution in [0.2, 0.25) is 0 Å². The van der Waals surface area contributed by atoms with Crippen molar-refractivity contribution in [3.05, 3.63) is 123 Å². The summed E-state index contributed by atoms with van der Waals surface area (Å²) in [5.74, 6) is -2.67. The van der Waals surface area contributed by atoms with Gasteiger partial charge in [-0.15, -0.1) is 0 Å². The molecule has 0 atom stereocenters. The first kappa shape index (κ1) is 58.5. The van der Waals surface area contributed by atoms with Crippen molar-refractivity contribution < 1.29 is 102 Å². The number of nitrogens with zero attached hydrogens (tertiary/aromatic N) is 1. The number of rotatable bonds is 17. The average Bonchev–Trinajstić information content (AvgIpc) is 3.47. The Bertz CT molecular complexity index is 4340. The second kappa shape index (κ2) is 20.5. The number of amides is 4. The summed E-state index contributed by atoms with van der Waals surface area (Å²) >= 11 is 0. The van der Waals surface area contributed by atoms with Gasteiger partial charge in [-0.2, -0.15) is 50.5 Å². The number of anilines is 4. The summed E-state index contributed by atoms with van der Waals surface area (Å²) in [6.45, 7) is 2.78. The maximum absolute atomic E-state index is 14.7. The molecule has 4 amide bonds. The third-order valence-corrected chi connectivity index (χ3v) is 16.9. The molecule has 29 nitrogen and oxygen atoms in total. The van der Waals surface area contributed by atoms with Crippen molar-refractivity contribution in [2.24, 2.45) is 0 Å². The van der Waals surface area contributed by atoms with E-state index < -0.39 is 168 Å². The summed E-state index contributed by atoms with van der Waals surface area (Å²) < 4.78 is 210. The zero-order chi connectivity index (χ0) is 58.9. The molecule has 0 bridgehead atoms. The quantitative estimate of drug-likeness (QED) is 0.0249. The summed E-state index contributed by atoms with van der Waals surface area (Å²) in [5.41, 5.74) is -5.29. The van der Waals surface area contributed by atoms with Gasteiger partial charge in [-0.1, -0.05) is 12.1 Å². The molecule has 79 heavy (non-hydrogen) atoms. The fourth-order valence-electron chi connectivity index (χ4n) is 8.42. The minimum absolute atomic E-state index is 0.122. The second-order valence-electron chi connectivity index (χ2n) is 16.6. The van der Waals surface area contributed by atoms with Crippen LogP contribution in [0.5, 0.6) is 0 Å². The Balaban J connectivity index is 1.50. The van der Waals surface area contributed by atoms with E-state index in [-0.39, 0.29) is 58.6 Å². The van der Waals surface area contributed by atoms with Crippen LogP contribution in [-0.2, 0) is 70.3 Å². The molecule has 0 aliphatic carbocycles. The molecule has 0 unspecified atom stereocenters. The van der Waals surface area contributed by atoms with E-state index >= 15 is 0 Å². The molecule has 0 saturated heterocycles. The first-order valence-electron chi connectivity index (χ1n) is 21.1. The second-order valence-corrected chi connectivity index (χ2v) is 25.0. The highest BCUT2D eigenvalue weighted by atomic mass is 32.2. The van der Waals surface area contributed by atoms with Gasteiger partial charge >= 0.3 is 0 Å². The number of nitro benzene ring substituents is 1. The number of aryl methyl sites for hydroxylation is 2. The monoisotopic (exact) mass is 1210 g/mol. The van der Waals surface area contributed by atoms with Crippen molar-refractivity contribution in [2.75, 3.05) is 21.3 Å². The number of hydrogen-bond acceptors (Lipinski definition) is 18. The van der Waals surface area contributed by atoms with Crippen LogP contribution < -0.4 is 21.3 Å². The lowest BCUT2D eigenvalue weighted by Crippen LogP contribution is -2.17. The number of benzene rings is 7. The zero-order valence-corrected chi connectivity index (χ0v) is 44.1. The molecule has 7 aromatic rings. The SMILES string of the molecule is Cc1ccc(C(=O)Nc2ccc(S(=O)(=O)O)c3cc(S(=O)(=O)O)cc(S(=O)(=O)O)c23)c(-c2cc(-c3c(C(=O)Nc4ccc(S(=O)(=O)O)c5cc(S(=O)(=O)O)cc(S(=O)(=O)O)c45)ccc(C)c3NC=O)cc([N+](=O)[O-])c2)c1NC=O. The van der Waals surface area contributed by atoms with Crippen molar-refractivity contribution in [1.82, 2.24) is 0 Å². The fraction of sp³-hybridized carbons (Fsp3) is 0.0455. The number of carbonyl (C=O) groups excluding carboxylic acids is 4. The molecule has 414 valence electrons. The normalized spacial score (nSPS) is 12.5. The van der Waals surface area contributed by atoms with Crippen LogP contribution >= 0.6 is 0 Å². The lowest BCUT2D eigenvalue weighted by molar-refractivity contribution is -0.384. The van der Waals surface area contributed by atoms with Gasteiger partial charge in [-0.3, -0.25) is 56.6 Å².